The van der Waals surface area contributed by atoms with Crippen LogP contribution in [0.15, 0.2) is 40.6 Å². The van der Waals surface area contributed by atoms with Crippen molar-refractivity contribution in [1.29, 1.82) is 0 Å². The standard InChI is InChI=1S/C12H8N4S/c1-3-8-9-10(17-12(8)14-4-1)11-13-5-2-6-16(11)7-15-9/h1-5,7H,6H2. The van der Waals surface area contributed by atoms with E-state index in [1.807, 2.05) is 30.9 Å². The Bertz CT molecular complexity index is 696. The average Bonchev–Trinajstić information content (AvgIpc) is 2.78. The van der Waals surface area contributed by atoms with E-state index in [0.717, 1.165) is 33.2 Å². The van der Waals surface area contributed by atoms with Crippen LogP contribution in [0.5, 0.6) is 0 Å². The van der Waals surface area contributed by atoms with Gasteiger partial charge in [0.15, 0.2) is 5.84 Å². The van der Waals surface area contributed by atoms with Gasteiger partial charge in [-0.3, -0.25) is 0 Å². The lowest BCUT2D eigenvalue weighted by molar-refractivity contribution is 0.687. The number of hydrogen-bond acceptors (Lipinski definition) is 5. The molecule has 2 aromatic rings. The molecule has 0 saturated heterocycles. The molecule has 2 aromatic heterocycles. The topological polar surface area (TPSA) is 40.9 Å². The Morgan fingerprint density at radius 3 is 3.35 bits per heavy atom. The Hall–Kier alpha value is -2.01. The zero-order valence-corrected chi connectivity index (χ0v) is 9.68. The van der Waals surface area contributed by atoms with E-state index in [1.165, 1.54) is 0 Å². The van der Waals surface area contributed by atoms with Gasteiger partial charge < -0.3 is 4.90 Å². The van der Waals surface area contributed by atoms with Crippen molar-refractivity contribution in [1.82, 2.24) is 9.88 Å². The minimum atomic E-state index is 0.837. The van der Waals surface area contributed by atoms with Crippen LogP contribution in [0.1, 0.15) is 4.88 Å². The van der Waals surface area contributed by atoms with Crippen molar-refractivity contribution in [2.24, 2.45) is 9.98 Å². The normalized spacial score (nSPS) is 16.9. The molecular weight excluding hydrogens is 232 g/mol. The summed E-state index contributed by atoms with van der Waals surface area (Å²) in [6, 6.07) is 4.00. The van der Waals surface area contributed by atoms with Crippen molar-refractivity contribution in [3.8, 4) is 0 Å². The minimum Gasteiger partial charge on any atom is -0.312 e. The van der Waals surface area contributed by atoms with E-state index < -0.39 is 0 Å². The Morgan fingerprint density at radius 1 is 1.35 bits per heavy atom. The summed E-state index contributed by atoms with van der Waals surface area (Å²) in [6.07, 6.45) is 7.54. The molecule has 0 aliphatic carbocycles. The number of nitrogens with zero attached hydrogens (tertiary/aromatic N) is 4. The van der Waals surface area contributed by atoms with Crippen molar-refractivity contribution >= 4 is 39.4 Å². The molecule has 2 aliphatic rings. The number of amidine groups is 1. The molecule has 2 aliphatic heterocycles. The first-order valence-corrected chi connectivity index (χ1v) is 6.17. The van der Waals surface area contributed by atoms with E-state index in [0.29, 0.717) is 0 Å². The van der Waals surface area contributed by atoms with Crippen LogP contribution in [0.3, 0.4) is 0 Å². The molecule has 5 heteroatoms. The summed E-state index contributed by atoms with van der Waals surface area (Å²) in [4.78, 5) is 17.5. The van der Waals surface area contributed by atoms with Crippen LogP contribution < -0.4 is 0 Å². The average molecular weight is 240 g/mol. The van der Waals surface area contributed by atoms with E-state index in [-0.39, 0.29) is 0 Å². The van der Waals surface area contributed by atoms with Crippen LogP contribution in [-0.2, 0) is 0 Å². The third kappa shape index (κ3) is 1.20. The highest BCUT2D eigenvalue weighted by atomic mass is 32.1. The molecule has 4 heterocycles. The molecule has 0 N–H and O–H groups in total. The van der Waals surface area contributed by atoms with Gasteiger partial charge in [0.25, 0.3) is 0 Å². The fraction of sp³-hybridized carbons (Fsp3) is 0.0833. The lowest BCUT2D eigenvalue weighted by atomic mass is 10.2. The molecule has 0 bridgehead atoms. The first kappa shape index (κ1) is 9.07. The third-order valence-corrected chi connectivity index (χ3v) is 3.94. The Balaban J connectivity index is 2.06. The molecule has 0 aromatic carbocycles. The summed E-state index contributed by atoms with van der Waals surface area (Å²) >= 11 is 1.65. The predicted octanol–water partition coefficient (Wildman–Crippen LogP) is 2.55. The minimum absolute atomic E-state index is 0.837. The summed E-state index contributed by atoms with van der Waals surface area (Å²) < 4.78 is 0. The largest absolute Gasteiger partial charge is 0.312 e. The summed E-state index contributed by atoms with van der Waals surface area (Å²) in [5.41, 5.74) is 1.00. The van der Waals surface area contributed by atoms with Gasteiger partial charge in [-0.15, -0.1) is 11.3 Å². The Kier molecular flexibility index (Phi) is 1.73. The second-order valence-corrected chi connectivity index (χ2v) is 4.87. The predicted molar refractivity (Wildman–Crippen MR) is 70.2 cm³/mol. The van der Waals surface area contributed by atoms with Crippen LogP contribution in [0.25, 0.3) is 10.2 Å². The van der Waals surface area contributed by atoms with Gasteiger partial charge in [0.05, 0.1) is 16.9 Å². The number of rotatable bonds is 0. The maximum atomic E-state index is 4.52. The molecule has 0 spiro atoms. The molecule has 17 heavy (non-hydrogen) atoms. The summed E-state index contributed by atoms with van der Waals surface area (Å²) in [5, 5.41) is 1.11. The van der Waals surface area contributed by atoms with Crippen LogP contribution in [0, 0.1) is 0 Å². The lowest BCUT2D eigenvalue weighted by Gasteiger charge is -2.24. The second-order valence-electron chi connectivity index (χ2n) is 3.87. The maximum Gasteiger partial charge on any atom is 0.153 e. The molecule has 0 fully saturated rings. The first-order chi connectivity index (χ1) is 8.43. The van der Waals surface area contributed by atoms with Crippen LogP contribution in [0.4, 0.5) is 5.69 Å². The number of hydrogen-bond donors (Lipinski definition) is 0. The number of aromatic nitrogens is 1. The van der Waals surface area contributed by atoms with Crippen molar-refractivity contribution in [3.05, 3.63) is 35.5 Å². The van der Waals surface area contributed by atoms with Gasteiger partial charge in [-0.25, -0.2) is 15.0 Å². The van der Waals surface area contributed by atoms with E-state index in [1.54, 1.807) is 11.3 Å². The zero-order valence-electron chi connectivity index (χ0n) is 8.87. The van der Waals surface area contributed by atoms with Crippen molar-refractivity contribution in [2.45, 2.75) is 0 Å². The van der Waals surface area contributed by atoms with E-state index in [4.69, 9.17) is 0 Å². The van der Waals surface area contributed by atoms with E-state index >= 15 is 0 Å². The fourth-order valence-corrected chi connectivity index (χ4v) is 3.16. The Morgan fingerprint density at radius 2 is 2.35 bits per heavy atom. The highest BCUT2D eigenvalue weighted by molar-refractivity contribution is 7.21. The number of pyridine rings is 1. The smallest absolute Gasteiger partial charge is 0.153 e. The number of fused-ring (bicyclic) bond motifs is 5. The van der Waals surface area contributed by atoms with Crippen molar-refractivity contribution in [2.75, 3.05) is 6.54 Å². The van der Waals surface area contributed by atoms with Gasteiger partial charge in [0.2, 0.25) is 0 Å². The molecule has 82 valence electrons. The van der Waals surface area contributed by atoms with Crippen molar-refractivity contribution < 1.29 is 0 Å². The molecule has 0 atom stereocenters. The summed E-state index contributed by atoms with van der Waals surface area (Å²) in [5.74, 6) is 0.987. The van der Waals surface area contributed by atoms with Gasteiger partial charge in [-0.05, 0) is 18.2 Å². The molecule has 4 nitrogen and oxygen atoms in total. The van der Waals surface area contributed by atoms with E-state index in [9.17, 15) is 0 Å². The SMILES string of the molecule is C1=CN=C2c3sc4ncccc4c3N=CN2C1. The summed E-state index contributed by atoms with van der Waals surface area (Å²) in [7, 11) is 0. The molecular formula is C12H8N4S. The Labute approximate surface area is 102 Å². The van der Waals surface area contributed by atoms with Crippen LogP contribution >= 0.6 is 11.3 Å². The quantitative estimate of drug-likeness (QED) is 0.710. The van der Waals surface area contributed by atoms with Gasteiger partial charge in [-0.1, -0.05) is 0 Å². The maximum absolute atomic E-state index is 4.52. The van der Waals surface area contributed by atoms with Gasteiger partial charge in [0.1, 0.15) is 4.83 Å². The lowest BCUT2D eigenvalue weighted by Crippen LogP contribution is -2.33. The van der Waals surface area contributed by atoms with Crippen LogP contribution in [0.2, 0.25) is 0 Å². The van der Waals surface area contributed by atoms with Gasteiger partial charge in [0, 0.05) is 24.3 Å². The number of aliphatic imine (C=N–C) groups is 2. The fourth-order valence-electron chi connectivity index (χ4n) is 2.06. The second kappa shape index (κ2) is 3.24. The monoisotopic (exact) mass is 240 g/mol. The van der Waals surface area contributed by atoms with Gasteiger partial charge in [-0.2, -0.15) is 0 Å². The molecule has 4 rings (SSSR count). The first-order valence-electron chi connectivity index (χ1n) is 5.35. The highest BCUT2D eigenvalue weighted by Crippen LogP contribution is 2.39. The molecule has 0 radical (unpaired) electrons. The zero-order chi connectivity index (χ0) is 11.2. The number of thiophene rings is 1. The molecule has 0 saturated carbocycles. The third-order valence-electron chi connectivity index (χ3n) is 2.85. The highest BCUT2D eigenvalue weighted by Gasteiger charge is 2.24. The van der Waals surface area contributed by atoms with Crippen LogP contribution in [-0.4, -0.2) is 28.6 Å². The van der Waals surface area contributed by atoms with Gasteiger partial charge >= 0.3 is 0 Å². The molecule has 0 unspecified atom stereocenters. The van der Waals surface area contributed by atoms with E-state index in [2.05, 4.69) is 25.9 Å². The van der Waals surface area contributed by atoms with Crippen molar-refractivity contribution in [3.63, 3.8) is 0 Å². The summed E-state index contributed by atoms with van der Waals surface area (Å²) in [6.45, 7) is 0.837. The molecule has 0 amide bonds.